The summed E-state index contributed by atoms with van der Waals surface area (Å²) in [6.45, 7) is 7.61. The van der Waals surface area contributed by atoms with Crippen LogP contribution in [0.4, 0.5) is 0 Å². The Bertz CT molecular complexity index is 763. The molecular formula is C20H32O8S. The minimum absolute atomic E-state index is 0.0565. The van der Waals surface area contributed by atoms with Crippen LogP contribution in [-0.2, 0) is 33.9 Å². The molecule has 0 amide bonds. The van der Waals surface area contributed by atoms with E-state index in [0.29, 0.717) is 18.8 Å². The number of carbonyl (C=O) groups is 2. The average molecular weight is 433 g/mol. The van der Waals surface area contributed by atoms with Gasteiger partial charge in [0, 0.05) is 0 Å². The van der Waals surface area contributed by atoms with Crippen molar-refractivity contribution in [2.45, 2.75) is 88.8 Å². The van der Waals surface area contributed by atoms with Gasteiger partial charge >= 0.3 is 11.9 Å². The van der Waals surface area contributed by atoms with Crippen LogP contribution in [0.15, 0.2) is 0 Å². The molecule has 1 N–H and O–H groups in total. The van der Waals surface area contributed by atoms with Crippen LogP contribution >= 0.6 is 0 Å². The summed E-state index contributed by atoms with van der Waals surface area (Å²) in [5, 5.41) is 0. The van der Waals surface area contributed by atoms with Crippen LogP contribution in [0.1, 0.15) is 66.7 Å². The van der Waals surface area contributed by atoms with Gasteiger partial charge in [0.25, 0.3) is 10.1 Å². The number of ether oxygens (including phenoxy) is 3. The van der Waals surface area contributed by atoms with E-state index in [-0.39, 0.29) is 18.4 Å². The Morgan fingerprint density at radius 3 is 2.07 bits per heavy atom. The normalized spacial score (nSPS) is 34.1. The second-order valence-electron chi connectivity index (χ2n) is 10.4. The summed E-state index contributed by atoms with van der Waals surface area (Å²) < 4.78 is 47.4. The predicted octanol–water partition coefficient (Wildman–Crippen LogP) is 2.50. The second-order valence-corrected chi connectivity index (χ2v) is 12.4. The van der Waals surface area contributed by atoms with Crippen molar-refractivity contribution in [2.75, 3.05) is 6.61 Å². The molecular weight excluding hydrogens is 400 g/mol. The van der Waals surface area contributed by atoms with Crippen molar-refractivity contribution in [1.82, 2.24) is 0 Å². The molecule has 0 aromatic heterocycles. The molecule has 166 valence electrons. The van der Waals surface area contributed by atoms with Gasteiger partial charge in [0.2, 0.25) is 0 Å². The van der Waals surface area contributed by atoms with Gasteiger partial charge in [0.15, 0.2) is 4.75 Å². The smallest absolute Gasteiger partial charge is 0.332 e. The summed E-state index contributed by atoms with van der Waals surface area (Å²) in [4.78, 5) is 24.5. The van der Waals surface area contributed by atoms with Gasteiger partial charge in [-0.25, -0.2) is 4.79 Å². The number of carbonyl (C=O) groups excluding carboxylic acids is 2. The Kier molecular flexibility index (Phi) is 5.58. The van der Waals surface area contributed by atoms with Gasteiger partial charge in [-0.3, -0.25) is 9.35 Å². The molecule has 2 unspecified atom stereocenters. The van der Waals surface area contributed by atoms with Crippen molar-refractivity contribution in [2.24, 2.45) is 17.8 Å². The van der Waals surface area contributed by atoms with Gasteiger partial charge in [-0.05, 0) is 84.5 Å². The highest BCUT2D eigenvalue weighted by Gasteiger charge is 2.58. The maximum absolute atomic E-state index is 12.5. The first-order chi connectivity index (χ1) is 13.1. The molecule has 29 heavy (non-hydrogen) atoms. The number of hydrogen-bond acceptors (Lipinski definition) is 7. The zero-order chi connectivity index (χ0) is 21.8. The molecule has 0 heterocycles. The molecule has 0 aliphatic heterocycles. The van der Waals surface area contributed by atoms with E-state index < -0.39 is 44.1 Å². The molecule has 4 aliphatic carbocycles. The molecule has 0 aromatic rings. The second kappa shape index (κ2) is 7.20. The van der Waals surface area contributed by atoms with Crippen molar-refractivity contribution >= 4 is 22.1 Å². The van der Waals surface area contributed by atoms with E-state index in [2.05, 4.69) is 0 Å². The molecule has 4 fully saturated rings. The Hall–Kier alpha value is -1.19. The molecule has 0 aromatic carbocycles. The average Bonchev–Trinajstić information content (AvgIpc) is 2.53. The van der Waals surface area contributed by atoms with Crippen molar-refractivity contribution in [3.8, 4) is 0 Å². The van der Waals surface area contributed by atoms with Crippen molar-refractivity contribution in [1.29, 1.82) is 0 Å². The molecule has 4 aliphatic rings. The summed E-state index contributed by atoms with van der Waals surface area (Å²) >= 11 is 0. The Morgan fingerprint density at radius 1 is 1.03 bits per heavy atom. The minimum Gasteiger partial charge on any atom is -0.461 e. The highest BCUT2D eigenvalue weighted by atomic mass is 32.2. The summed E-state index contributed by atoms with van der Waals surface area (Å²) in [6, 6.07) is 0. The van der Waals surface area contributed by atoms with Crippen molar-refractivity contribution in [3.05, 3.63) is 0 Å². The van der Waals surface area contributed by atoms with E-state index in [1.807, 2.05) is 20.8 Å². The predicted molar refractivity (Wildman–Crippen MR) is 104 cm³/mol. The Balaban J connectivity index is 1.66. The monoisotopic (exact) mass is 432 g/mol. The van der Waals surface area contributed by atoms with Crippen LogP contribution < -0.4 is 0 Å². The molecule has 4 bridgehead atoms. The zero-order valence-electron chi connectivity index (χ0n) is 17.8. The zero-order valence-corrected chi connectivity index (χ0v) is 18.6. The van der Waals surface area contributed by atoms with E-state index in [9.17, 15) is 22.6 Å². The van der Waals surface area contributed by atoms with E-state index in [1.54, 1.807) is 0 Å². The van der Waals surface area contributed by atoms with Gasteiger partial charge < -0.3 is 14.2 Å². The van der Waals surface area contributed by atoms with Gasteiger partial charge in [-0.1, -0.05) is 0 Å². The lowest BCUT2D eigenvalue weighted by Crippen LogP contribution is -2.60. The minimum atomic E-state index is -4.57. The molecule has 0 radical (unpaired) electrons. The molecule has 4 rings (SSSR count). The molecule has 0 saturated heterocycles. The lowest BCUT2D eigenvalue weighted by Gasteiger charge is -2.58. The van der Waals surface area contributed by atoms with E-state index in [4.69, 9.17) is 14.2 Å². The quantitative estimate of drug-likeness (QED) is 0.503. The van der Waals surface area contributed by atoms with Crippen LogP contribution in [0, 0.1) is 17.8 Å². The van der Waals surface area contributed by atoms with Crippen LogP contribution in [0.3, 0.4) is 0 Å². The van der Waals surface area contributed by atoms with E-state index in [0.717, 1.165) is 33.1 Å². The number of hydrogen-bond donors (Lipinski definition) is 1. The summed E-state index contributed by atoms with van der Waals surface area (Å²) in [7, 11) is -4.57. The summed E-state index contributed by atoms with van der Waals surface area (Å²) in [5.41, 5.74) is -0.990. The Morgan fingerprint density at radius 2 is 1.59 bits per heavy atom. The first-order valence-corrected chi connectivity index (χ1v) is 11.6. The van der Waals surface area contributed by atoms with Gasteiger partial charge in [-0.15, -0.1) is 0 Å². The third-order valence-electron chi connectivity index (χ3n) is 6.43. The maximum Gasteiger partial charge on any atom is 0.332 e. The van der Waals surface area contributed by atoms with E-state index in [1.165, 1.54) is 0 Å². The molecule has 2 atom stereocenters. The van der Waals surface area contributed by atoms with Crippen LogP contribution in [0.25, 0.3) is 0 Å². The van der Waals surface area contributed by atoms with Crippen LogP contribution in [0.5, 0.6) is 0 Å². The lowest BCUT2D eigenvalue weighted by atomic mass is 9.53. The van der Waals surface area contributed by atoms with Crippen molar-refractivity contribution < 1.29 is 36.8 Å². The van der Waals surface area contributed by atoms with Gasteiger partial charge in [0.1, 0.15) is 18.3 Å². The number of esters is 2. The third-order valence-corrected chi connectivity index (χ3v) is 7.88. The maximum atomic E-state index is 12.5. The summed E-state index contributed by atoms with van der Waals surface area (Å²) in [5.74, 6) is -0.773. The van der Waals surface area contributed by atoms with Crippen LogP contribution in [-0.4, -0.2) is 53.6 Å². The van der Waals surface area contributed by atoms with Gasteiger partial charge in [0.05, 0.1) is 5.60 Å². The van der Waals surface area contributed by atoms with Gasteiger partial charge in [-0.2, -0.15) is 8.42 Å². The largest absolute Gasteiger partial charge is 0.461 e. The molecule has 8 nitrogen and oxygen atoms in total. The highest BCUT2D eigenvalue weighted by Crippen LogP contribution is 2.58. The summed E-state index contributed by atoms with van der Waals surface area (Å²) in [6.07, 6.45) is 3.58. The Labute approximate surface area is 172 Å². The first kappa shape index (κ1) is 22.5. The lowest BCUT2D eigenvalue weighted by molar-refractivity contribution is -0.219. The SMILES string of the molecule is CC(C)(C)OC(=O)COC12CC3CC(C1)C(OC(=O)C(C)(C)S(=O)(=O)O)C(C3)C2. The molecule has 0 spiro atoms. The fourth-order valence-electron chi connectivity index (χ4n) is 5.23. The first-order valence-electron chi connectivity index (χ1n) is 10.2. The number of rotatable bonds is 6. The standard InChI is InChI=1S/C20H32O8S/c1-18(2,3)28-15(21)11-26-20-8-12-6-13(9-20)16(14(7-12)10-20)27-17(22)19(4,5)29(23,24)25/h12-14,16H,6-11H2,1-5H3,(H,23,24,25). The molecule has 4 saturated carbocycles. The molecule has 9 heteroatoms. The highest BCUT2D eigenvalue weighted by molar-refractivity contribution is 7.88. The fourth-order valence-corrected chi connectivity index (χ4v) is 5.48. The van der Waals surface area contributed by atoms with Crippen LogP contribution in [0.2, 0.25) is 0 Å². The van der Waals surface area contributed by atoms with E-state index >= 15 is 0 Å². The topological polar surface area (TPSA) is 116 Å². The van der Waals surface area contributed by atoms with Crippen molar-refractivity contribution in [3.63, 3.8) is 0 Å². The third kappa shape index (κ3) is 4.61. The fraction of sp³-hybridized carbons (Fsp3) is 0.900.